The number of hydrogen-bond donors (Lipinski definition) is 0. The Morgan fingerprint density at radius 1 is 0.429 bits per heavy atom. The molecule has 1 spiro atoms. The first-order chi connectivity index (χ1) is 27.7. The standard InChI is InChI=1S/C51H36N4S/c1-4-14-32(15-5-1)48-52-49(33-16-6-2-7-17-33)54-50(53-48)34-22-25-44-40(28-34)41-30-43-39(36-18-8-10-20-42(36)51(43)26-12-3-13-27-51)31-45(41)55(44)35-23-24-38-37-19-9-11-21-46(37)56-47(38)29-35/h1-2,4-11,14-25,28-31H,3,12-13,26-27H2. The Kier molecular flexibility index (Phi) is 6.99. The highest BCUT2D eigenvalue weighted by Crippen LogP contribution is 2.57. The Hall–Kier alpha value is -6.43. The quantitative estimate of drug-likeness (QED) is 0.181. The first-order valence-electron chi connectivity index (χ1n) is 19.7. The molecule has 0 N–H and O–H groups in total. The van der Waals surface area contributed by atoms with Crippen molar-refractivity contribution in [3.63, 3.8) is 0 Å². The van der Waals surface area contributed by atoms with Gasteiger partial charge in [-0.2, -0.15) is 0 Å². The van der Waals surface area contributed by atoms with Crippen LogP contribution in [0, 0.1) is 0 Å². The molecule has 3 aromatic heterocycles. The predicted molar refractivity (Wildman–Crippen MR) is 233 cm³/mol. The minimum atomic E-state index is 0.0593. The van der Waals surface area contributed by atoms with Crippen LogP contribution in [0.5, 0.6) is 0 Å². The van der Waals surface area contributed by atoms with Gasteiger partial charge in [0.1, 0.15) is 0 Å². The largest absolute Gasteiger partial charge is 0.309 e. The normalized spacial score (nSPS) is 14.6. The van der Waals surface area contributed by atoms with Gasteiger partial charge < -0.3 is 4.57 Å². The molecule has 1 saturated carbocycles. The van der Waals surface area contributed by atoms with Crippen molar-refractivity contribution >= 4 is 53.3 Å². The number of rotatable bonds is 4. The molecule has 5 heteroatoms. The third-order valence-corrected chi connectivity index (χ3v) is 13.6. The number of fused-ring (bicyclic) bond motifs is 11. The van der Waals surface area contributed by atoms with E-state index in [4.69, 9.17) is 15.0 Å². The topological polar surface area (TPSA) is 43.6 Å². The number of nitrogens with zero attached hydrogens (tertiary/aromatic N) is 4. The van der Waals surface area contributed by atoms with Gasteiger partial charge in [0.2, 0.25) is 0 Å². The van der Waals surface area contributed by atoms with Crippen molar-refractivity contribution in [1.29, 1.82) is 0 Å². The minimum Gasteiger partial charge on any atom is -0.309 e. The molecule has 0 bridgehead atoms. The number of aromatic nitrogens is 4. The lowest BCUT2D eigenvalue weighted by molar-refractivity contribution is 0.353. The zero-order valence-corrected chi connectivity index (χ0v) is 31.6. The lowest BCUT2D eigenvalue weighted by atomic mass is 9.68. The molecule has 1 fully saturated rings. The van der Waals surface area contributed by atoms with Crippen LogP contribution in [0.1, 0.15) is 43.2 Å². The molecule has 4 nitrogen and oxygen atoms in total. The lowest BCUT2D eigenvalue weighted by Gasteiger charge is -2.36. The molecular formula is C51H36N4S. The van der Waals surface area contributed by atoms with E-state index >= 15 is 0 Å². The van der Waals surface area contributed by atoms with E-state index in [-0.39, 0.29) is 5.41 Å². The van der Waals surface area contributed by atoms with Crippen molar-refractivity contribution in [3.05, 3.63) is 169 Å². The molecule has 10 aromatic rings. The summed E-state index contributed by atoms with van der Waals surface area (Å²) in [5.74, 6) is 2.01. The minimum absolute atomic E-state index is 0.0593. The molecule has 0 saturated heterocycles. The summed E-state index contributed by atoms with van der Waals surface area (Å²) in [6.45, 7) is 0. The third-order valence-electron chi connectivity index (χ3n) is 12.4. The van der Waals surface area contributed by atoms with Crippen LogP contribution >= 0.6 is 11.3 Å². The van der Waals surface area contributed by atoms with Gasteiger partial charge in [-0.05, 0) is 83.6 Å². The summed E-state index contributed by atoms with van der Waals surface area (Å²) < 4.78 is 5.11. The number of thiophene rings is 1. The highest BCUT2D eigenvalue weighted by atomic mass is 32.1. The SMILES string of the molecule is c1ccc(-c2nc(-c3ccccc3)nc(-c3ccc4c(c3)c3cc5c(cc3n4-c3ccc4c(c3)sc3ccccc34)-c3ccccc3C53CCCCC3)n2)cc1. The van der Waals surface area contributed by atoms with Gasteiger partial charge in [0, 0.05) is 58.7 Å². The average Bonchev–Trinajstić information content (AvgIpc) is 3.89. The van der Waals surface area contributed by atoms with Crippen LogP contribution in [0.3, 0.4) is 0 Å². The Labute approximate surface area is 328 Å². The van der Waals surface area contributed by atoms with E-state index in [0.717, 1.165) is 16.7 Å². The highest BCUT2D eigenvalue weighted by molar-refractivity contribution is 7.25. The zero-order chi connectivity index (χ0) is 36.8. The summed E-state index contributed by atoms with van der Waals surface area (Å²) in [6.07, 6.45) is 6.24. The fraction of sp³-hybridized carbons (Fsp3) is 0.118. The molecule has 56 heavy (non-hydrogen) atoms. The zero-order valence-electron chi connectivity index (χ0n) is 30.7. The fourth-order valence-electron chi connectivity index (χ4n) is 9.87. The van der Waals surface area contributed by atoms with Crippen LogP contribution in [0.2, 0.25) is 0 Å². The molecule has 0 atom stereocenters. The Morgan fingerprint density at radius 3 is 1.84 bits per heavy atom. The molecule has 0 aliphatic heterocycles. The second-order valence-electron chi connectivity index (χ2n) is 15.5. The summed E-state index contributed by atoms with van der Waals surface area (Å²) in [4.78, 5) is 15.2. The maximum atomic E-state index is 5.13. The summed E-state index contributed by atoms with van der Waals surface area (Å²) >= 11 is 1.87. The first-order valence-corrected chi connectivity index (χ1v) is 20.6. The third kappa shape index (κ3) is 4.74. The molecule has 12 rings (SSSR count). The van der Waals surface area contributed by atoms with E-state index in [1.165, 1.54) is 102 Å². The molecule has 0 unspecified atom stereocenters. The van der Waals surface area contributed by atoms with Gasteiger partial charge in [0.05, 0.1) is 11.0 Å². The summed E-state index contributed by atoms with van der Waals surface area (Å²) in [5, 5.41) is 5.11. The Bertz CT molecular complexity index is 3110. The molecule has 266 valence electrons. The molecule has 0 radical (unpaired) electrons. The van der Waals surface area contributed by atoms with Gasteiger partial charge in [0.15, 0.2) is 17.5 Å². The smallest absolute Gasteiger partial charge is 0.164 e. The summed E-state index contributed by atoms with van der Waals surface area (Å²) in [6, 6.07) is 57.3. The van der Waals surface area contributed by atoms with Crippen molar-refractivity contribution in [3.8, 4) is 51.0 Å². The van der Waals surface area contributed by atoms with E-state index in [1.54, 1.807) is 0 Å². The fourth-order valence-corrected chi connectivity index (χ4v) is 11.0. The Morgan fingerprint density at radius 2 is 1.07 bits per heavy atom. The predicted octanol–water partition coefficient (Wildman–Crippen LogP) is 13.6. The van der Waals surface area contributed by atoms with Crippen LogP contribution in [-0.4, -0.2) is 19.5 Å². The van der Waals surface area contributed by atoms with Crippen LogP contribution in [0.15, 0.2) is 158 Å². The Balaban J connectivity index is 1.13. The van der Waals surface area contributed by atoms with Gasteiger partial charge >= 0.3 is 0 Å². The van der Waals surface area contributed by atoms with Crippen LogP contribution in [0.4, 0.5) is 0 Å². The average molecular weight is 737 g/mol. The summed E-state index contributed by atoms with van der Waals surface area (Å²) in [7, 11) is 0. The molecule has 3 heterocycles. The van der Waals surface area contributed by atoms with Crippen molar-refractivity contribution < 1.29 is 0 Å². The van der Waals surface area contributed by atoms with Crippen LogP contribution in [-0.2, 0) is 5.41 Å². The van der Waals surface area contributed by atoms with Crippen LogP contribution < -0.4 is 0 Å². The molecule has 7 aromatic carbocycles. The second-order valence-corrected chi connectivity index (χ2v) is 16.6. The molecular weight excluding hydrogens is 701 g/mol. The van der Waals surface area contributed by atoms with Crippen LogP contribution in [0.25, 0.3) is 93.0 Å². The maximum absolute atomic E-state index is 5.13. The van der Waals surface area contributed by atoms with Gasteiger partial charge in [-0.25, -0.2) is 15.0 Å². The van der Waals surface area contributed by atoms with E-state index in [2.05, 4.69) is 126 Å². The second kappa shape index (κ2) is 12.3. The molecule has 2 aliphatic rings. The van der Waals surface area contributed by atoms with E-state index in [9.17, 15) is 0 Å². The van der Waals surface area contributed by atoms with E-state index in [1.807, 2.05) is 47.7 Å². The highest BCUT2D eigenvalue weighted by Gasteiger charge is 2.44. The van der Waals surface area contributed by atoms with Crippen molar-refractivity contribution in [1.82, 2.24) is 19.5 Å². The van der Waals surface area contributed by atoms with Crippen molar-refractivity contribution in [2.75, 3.05) is 0 Å². The van der Waals surface area contributed by atoms with Gasteiger partial charge in [-0.15, -0.1) is 11.3 Å². The maximum Gasteiger partial charge on any atom is 0.164 e. The molecule has 0 amide bonds. The number of benzene rings is 7. The number of hydrogen-bond acceptors (Lipinski definition) is 4. The first kappa shape index (κ1) is 31.9. The van der Waals surface area contributed by atoms with E-state index in [0.29, 0.717) is 17.5 Å². The van der Waals surface area contributed by atoms with Gasteiger partial charge in [-0.1, -0.05) is 128 Å². The van der Waals surface area contributed by atoms with Crippen molar-refractivity contribution in [2.45, 2.75) is 37.5 Å². The monoisotopic (exact) mass is 736 g/mol. The van der Waals surface area contributed by atoms with Crippen molar-refractivity contribution in [2.24, 2.45) is 0 Å². The van der Waals surface area contributed by atoms with Gasteiger partial charge in [0.25, 0.3) is 0 Å². The summed E-state index contributed by atoms with van der Waals surface area (Å²) in [5.41, 5.74) is 12.3. The lowest BCUT2D eigenvalue weighted by Crippen LogP contribution is -2.27. The van der Waals surface area contributed by atoms with E-state index < -0.39 is 0 Å². The van der Waals surface area contributed by atoms with Gasteiger partial charge in [-0.3, -0.25) is 0 Å². The molecule has 2 aliphatic carbocycles.